The third-order valence-electron chi connectivity index (χ3n) is 5.85. The summed E-state index contributed by atoms with van der Waals surface area (Å²) in [6.45, 7) is 6.56. The number of ether oxygens (including phenoxy) is 2. The van der Waals surface area contributed by atoms with Gasteiger partial charge < -0.3 is 19.7 Å². The number of rotatable bonds is 14. The van der Waals surface area contributed by atoms with Gasteiger partial charge in [0.05, 0.1) is 26.2 Å². The van der Waals surface area contributed by atoms with Gasteiger partial charge >= 0.3 is 0 Å². The van der Waals surface area contributed by atoms with E-state index in [-0.39, 0.29) is 43.7 Å². The van der Waals surface area contributed by atoms with E-state index in [1.165, 1.54) is 16.3 Å². The van der Waals surface area contributed by atoms with Crippen LogP contribution in [0.5, 0.6) is 11.5 Å². The van der Waals surface area contributed by atoms with E-state index >= 15 is 0 Å². The highest BCUT2D eigenvalue weighted by atomic mass is 32.2. The Labute approximate surface area is 220 Å². The molecular formula is C27H39N3O6S. The van der Waals surface area contributed by atoms with Crippen molar-refractivity contribution in [2.45, 2.75) is 46.2 Å². The van der Waals surface area contributed by atoms with Crippen molar-refractivity contribution in [3.8, 4) is 11.5 Å². The molecule has 0 bridgehead atoms. The lowest BCUT2D eigenvalue weighted by molar-refractivity contribution is -0.140. The molecule has 1 atom stereocenters. The molecule has 2 amide bonds. The van der Waals surface area contributed by atoms with Crippen LogP contribution in [0.4, 0.5) is 5.69 Å². The SMILES string of the molecule is COc1ccc(N(CCCC(=O)N(Cc2cccc(OC)c2)C(C)C(=O)NCC(C)C)S(C)(=O)=O)cc1. The fourth-order valence-corrected chi connectivity index (χ4v) is 4.72. The number of benzene rings is 2. The molecule has 2 aromatic carbocycles. The van der Waals surface area contributed by atoms with Crippen molar-refractivity contribution in [1.29, 1.82) is 0 Å². The number of amides is 2. The minimum absolute atomic E-state index is 0.0773. The summed E-state index contributed by atoms with van der Waals surface area (Å²) in [5.74, 6) is 1.08. The largest absolute Gasteiger partial charge is 0.497 e. The Morgan fingerprint density at radius 1 is 0.973 bits per heavy atom. The molecule has 2 aromatic rings. The predicted octanol–water partition coefficient (Wildman–Crippen LogP) is 3.44. The first-order chi connectivity index (χ1) is 17.5. The zero-order chi connectivity index (χ0) is 27.6. The lowest BCUT2D eigenvalue weighted by Gasteiger charge is -2.30. The van der Waals surface area contributed by atoms with Gasteiger partial charge in [-0.3, -0.25) is 13.9 Å². The molecule has 204 valence electrons. The van der Waals surface area contributed by atoms with Gasteiger partial charge in [-0.15, -0.1) is 0 Å². The van der Waals surface area contributed by atoms with E-state index in [9.17, 15) is 18.0 Å². The molecule has 0 saturated carbocycles. The van der Waals surface area contributed by atoms with Crippen LogP contribution in [0.1, 0.15) is 39.2 Å². The van der Waals surface area contributed by atoms with E-state index in [1.54, 1.807) is 38.3 Å². The third-order valence-corrected chi connectivity index (χ3v) is 7.05. The van der Waals surface area contributed by atoms with Gasteiger partial charge in [-0.2, -0.15) is 0 Å². The first kappa shape index (κ1) is 30.0. The molecule has 0 aliphatic carbocycles. The highest BCUT2D eigenvalue weighted by Gasteiger charge is 2.27. The standard InChI is InChI=1S/C27H39N3O6S/c1-20(2)18-28-27(32)21(3)29(19-22-9-7-10-25(17-22)36-5)26(31)11-8-16-30(37(6,33)34)23-12-14-24(35-4)15-13-23/h7,9-10,12-15,17,20-21H,8,11,16,18-19H2,1-6H3,(H,28,32). The Balaban J connectivity index is 2.17. The maximum absolute atomic E-state index is 13.4. The maximum atomic E-state index is 13.4. The molecule has 10 heteroatoms. The van der Waals surface area contributed by atoms with Crippen molar-refractivity contribution >= 4 is 27.5 Å². The summed E-state index contributed by atoms with van der Waals surface area (Å²) in [7, 11) is -0.460. The lowest BCUT2D eigenvalue weighted by Crippen LogP contribution is -2.48. The van der Waals surface area contributed by atoms with Crippen LogP contribution in [-0.4, -0.2) is 64.7 Å². The van der Waals surface area contributed by atoms with Crippen molar-refractivity contribution < 1.29 is 27.5 Å². The molecule has 9 nitrogen and oxygen atoms in total. The number of carbonyl (C=O) groups is 2. The summed E-state index contributed by atoms with van der Waals surface area (Å²) >= 11 is 0. The maximum Gasteiger partial charge on any atom is 0.242 e. The van der Waals surface area contributed by atoms with Crippen LogP contribution >= 0.6 is 0 Å². The molecule has 0 aromatic heterocycles. The number of nitrogens with zero attached hydrogens (tertiary/aromatic N) is 2. The average Bonchev–Trinajstić information content (AvgIpc) is 2.87. The molecule has 0 aliphatic heterocycles. The van der Waals surface area contributed by atoms with Gasteiger partial charge in [0, 0.05) is 26.1 Å². The fourth-order valence-electron chi connectivity index (χ4n) is 3.75. The van der Waals surface area contributed by atoms with Gasteiger partial charge in [-0.1, -0.05) is 26.0 Å². The predicted molar refractivity (Wildman–Crippen MR) is 145 cm³/mol. The van der Waals surface area contributed by atoms with Gasteiger partial charge in [-0.05, 0) is 61.2 Å². The van der Waals surface area contributed by atoms with E-state index in [4.69, 9.17) is 9.47 Å². The highest BCUT2D eigenvalue weighted by Crippen LogP contribution is 2.22. The second kappa shape index (κ2) is 13.9. The van der Waals surface area contributed by atoms with Gasteiger partial charge in [0.25, 0.3) is 0 Å². The number of hydrogen-bond donors (Lipinski definition) is 1. The van der Waals surface area contributed by atoms with Crippen molar-refractivity contribution in [1.82, 2.24) is 10.2 Å². The molecular weight excluding hydrogens is 494 g/mol. The van der Waals surface area contributed by atoms with Crippen LogP contribution in [0.2, 0.25) is 0 Å². The highest BCUT2D eigenvalue weighted by molar-refractivity contribution is 7.92. The minimum atomic E-state index is -3.57. The molecule has 0 aliphatic rings. The molecule has 1 unspecified atom stereocenters. The number of methoxy groups -OCH3 is 2. The monoisotopic (exact) mass is 533 g/mol. The van der Waals surface area contributed by atoms with E-state index in [1.807, 2.05) is 38.1 Å². The second-order valence-corrected chi connectivity index (χ2v) is 11.2. The topological polar surface area (TPSA) is 105 Å². The van der Waals surface area contributed by atoms with E-state index in [2.05, 4.69) is 5.32 Å². The molecule has 0 fully saturated rings. The van der Waals surface area contributed by atoms with Gasteiger partial charge in [0.2, 0.25) is 21.8 Å². The number of sulfonamides is 1. The molecule has 2 rings (SSSR count). The van der Waals surface area contributed by atoms with Crippen LogP contribution in [0.15, 0.2) is 48.5 Å². The van der Waals surface area contributed by atoms with Crippen molar-refractivity contribution in [2.24, 2.45) is 5.92 Å². The quantitative estimate of drug-likeness (QED) is 0.399. The first-order valence-corrected chi connectivity index (χ1v) is 14.1. The van der Waals surface area contributed by atoms with Gasteiger partial charge in [0.15, 0.2) is 0 Å². The van der Waals surface area contributed by atoms with E-state index < -0.39 is 16.1 Å². The smallest absolute Gasteiger partial charge is 0.242 e. The Morgan fingerprint density at radius 3 is 2.19 bits per heavy atom. The van der Waals surface area contributed by atoms with Crippen molar-refractivity contribution in [2.75, 3.05) is 37.9 Å². The minimum Gasteiger partial charge on any atom is -0.497 e. The summed E-state index contributed by atoms with van der Waals surface area (Å²) in [6.07, 6.45) is 1.50. The second-order valence-electron chi connectivity index (χ2n) is 9.32. The number of hydrogen-bond acceptors (Lipinski definition) is 6. The normalized spacial score (nSPS) is 12.1. The lowest BCUT2D eigenvalue weighted by atomic mass is 10.1. The summed E-state index contributed by atoms with van der Waals surface area (Å²) < 4.78 is 36.6. The summed E-state index contributed by atoms with van der Waals surface area (Å²) in [6, 6.07) is 13.3. The van der Waals surface area contributed by atoms with Crippen molar-refractivity contribution in [3.63, 3.8) is 0 Å². The summed E-state index contributed by atoms with van der Waals surface area (Å²) in [4.78, 5) is 27.7. The third kappa shape index (κ3) is 9.27. The molecule has 1 N–H and O–H groups in total. The zero-order valence-corrected chi connectivity index (χ0v) is 23.4. The van der Waals surface area contributed by atoms with Crippen LogP contribution in [0.25, 0.3) is 0 Å². The van der Waals surface area contributed by atoms with Crippen LogP contribution in [0.3, 0.4) is 0 Å². The Kier molecular flexibility index (Phi) is 11.2. The van der Waals surface area contributed by atoms with Crippen LogP contribution < -0.4 is 19.1 Å². The summed E-state index contributed by atoms with van der Waals surface area (Å²) in [5, 5.41) is 2.90. The molecule has 37 heavy (non-hydrogen) atoms. The molecule has 0 spiro atoms. The van der Waals surface area contributed by atoms with Crippen LogP contribution in [0, 0.1) is 5.92 Å². The summed E-state index contributed by atoms with van der Waals surface area (Å²) in [5.41, 5.74) is 1.32. The van der Waals surface area contributed by atoms with E-state index in [0.29, 0.717) is 23.7 Å². The molecule has 0 saturated heterocycles. The Hall–Kier alpha value is -3.27. The van der Waals surface area contributed by atoms with Gasteiger partial charge in [-0.25, -0.2) is 8.42 Å². The number of carbonyl (C=O) groups excluding carboxylic acids is 2. The van der Waals surface area contributed by atoms with Crippen LogP contribution in [-0.2, 0) is 26.2 Å². The first-order valence-electron chi connectivity index (χ1n) is 12.3. The van der Waals surface area contributed by atoms with E-state index in [0.717, 1.165) is 11.8 Å². The zero-order valence-electron chi connectivity index (χ0n) is 22.6. The fraction of sp³-hybridized carbons (Fsp3) is 0.481. The van der Waals surface area contributed by atoms with Gasteiger partial charge in [0.1, 0.15) is 17.5 Å². The molecule has 0 heterocycles. The Morgan fingerprint density at radius 2 is 1.62 bits per heavy atom. The number of anilines is 1. The molecule has 0 radical (unpaired) electrons. The van der Waals surface area contributed by atoms with Crippen molar-refractivity contribution in [3.05, 3.63) is 54.1 Å². The Bertz CT molecular complexity index is 1140. The number of nitrogens with one attached hydrogen (secondary N) is 1. The average molecular weight is 534 g/mol.